The first kappa shape index (κ1) is 16.5. The Kier molecular flexibility index (Phi) is 5.17. The third kappa shape index (κ3) is 4.15. The third-order valence-corrected chi connectivity index (χ3v) is 4.47. The Morgan fingerprint density at radius 3 is 2.88 bits per heavy atom. The maximum atomic E-state index is 4.44. The molecule has 0 spiro atoms. The first-order chi connectivity index (χ1) is 11.6. The van der Waals surface area contributed by atoms with E-state index in [2.05, 4.69) is 44.7 Å². The molecule has 0 aromatic carbocycles. The highest BCUT2D eigenvalue weighted by Crippen LogP contribution is 2.20. The van der Waals surface area contributed by atoms with E-state index in [1.54, 1.807) is 0 Å². The van der Waals surface area contributed by atoms with Crippen LogP contribution in [-0.4, -0.2) is 57.1 Å². The van der Waals surface area contributed by atoms with Gasteiger partial charge in [0.25, 0.3) is 0 Å². The van der Waals surface area contributed by atoms with Crippen molar-refractivity contribution in [3.05, 3.63) is 35.9 Å². The molecular weight excluding hydrogens is 302 g/mol. The molecular formula is C17H27N7. The number of aromatic nitrogens is 4. The second-order valence-electron chi connectivity index (χ2n) is 6.58. The Balaban J connectivity index is 1.46. The van der Waals surface area contributed by atoms with Gasteiger partial charge in [-0.3, -0.25) is 14.4 Å². The van der Waals surface area contributed by atoms with Crippen molar-refractivity contribution in [2.45, 2.75) is 26.3 Å². The van der Waals surface area contributed by atoms with Crippen molar-refractivity contribution in [2.24, 2.45) is 18.0 Å². The summed E-state index contributed by atoms with van der Waals surface area (Å²) in [5, 5.41) is 12.0. The highest BCUT2D eigenvalue weighted by atomic mass is 15.3. The Morgan fingerprint density at radius 2 is 2.21 bits per heavy atom. The maximum Gasteiger partial charge on any atom is 0.193 e. The van der Waals surface area contributed by atoms with E-state index >= 15 is 0 Å². The van der Waals surface area contributed by atoms with Crippen molar-refractivity contribution < 1.29 is 0 Å². The van der Waals surface area contributed by atoms with Crippen molar-refractivity contribution in [3.8, 4) is 0 Å². The average molecular weight is 329 g/mol. The molecule has 130 valence electrons. The van der Waals surface area contributed by atoms with Crippen LogP contribution in [0.3, 0.4) is 0 Å². The quantitative estimate of drug-likeness (QED) is 0.658. The Labute approximate surface area is 143 Å². The van der Waals surface area contributed by atoms with Gasteiger partial charge in [-0.25, -0.2) is 0 Å². The summed E-state index contributed by atoms with van der Waals surface area (Å²) >= 11 is 0. The fourth-order valence-corrected chi connectivity index (χ4v) is 3.31. The van der Waals surface area contributed by atoms with E-state index in [4.69, 9.17) is 0 Å². The predicted octanol–water partition coefficient (Wildman–Crippen LogP) is 1.07. The predicted molar refractivity (Wildman–Crippen MR) is 94.9 cm³/mol. The smallest absolute Gasteiger partial charge is 0.193 e. The Bertz CT molecular complexity index is 685. The summed E-state index contributed by atoms with van der Waals surface area (Å²) in [4.78, 5) is 6.79. The molecule has 1 unspecified atom stereocenters. The number of guanidine groups is 1. The second-order valence-corrected chi connectivity index (χ2v) is 6.58. The molecule has 1 atom stereocenters. The van der Waals surface area contributed by atoms with Crippen molar-refractivity contribution in [3.63, 3.8) is 0 Å². The van der Waals surface area contributed by atoms with Gasteiger partial charge in [0.1, 0.15) is 0 Å². The van der Waals surface area contributed by atoms with Crippen LogP contribution in [0.5, 0.6) is 0 Å². The van der Waals surface area contributed by atoms with Crippen LogP contribution in [0.2, 0.25) is 0 Å². The summed E-state index contributed by atoms with van der Waals surface area (Å²) in [7, 11) is 3.83. The number of nitrogens with zero attached hydrogens (tertiary/aromatic N) is 6. The van der Waals surface area contributed by atoms with Gasteiger partial charge in [-0.2, -0.15) is 10.2 Å². The van der Waals surface area contributed by atoms with Crippen LogP contribution < -0.4 is 5.32 Å². The van der Waals surface area contributed by atoms with Crippen molar-refractivity contribution >= 4 is 5.96 Å². The van der Waals surface area contributed by atoms with Gasteiger partial charge in [-0.15, -0.1) is 0 Å². The zero-order valence-corrected chi connectivity index (χ0v) is 14.8. The van der Waals surface area contributed by atoms with E-state index in [1.165, 1.54) is 17.5 Å². The SMILES string of the molecule is CN=C(NCCn1cc(C)cn1)N1CCC(Cc2cnn(C)c2)C1. The first-order valence-electron chi connectivity index (χ1n) is 8.56. The highest BCUT2D eigenvalue weighted by molar-refractivity contribution is 5.80. The van der Waals surface area contributed by atoms with Crippen LogP contribution in [0.4, 0.5) is 0 Å². The first-order valence-corrected chi connectivity index (χ1v) is 8.56. The number of hydrogen-bond donors (Lipinski definition) is 1. The van der Waals surface area contributed by atoms with Crippen LogP contribution in [-0.2, 0) is 20.0 Å². The van der Waals surface area contributed by atoms with Gasteiger partial charge in [0, 0.05) is 46.1 Å². The lowest BCUT2D eigenvalue weighted by molar-refractivity contribution is 0.455. The lowest BCUT2D eigenvalue weighted by Crippen LogP contribution is -2.41. The lowest BCUT2D eigenvalue weighted by Gasteiger charge is -2.21. The van der Waals surface area contributed by atoms with Crippen LogP contribution in [0.1, 0.15) is 17.5 Å². The van der Waals surface area contributed by atoms with Gasteiger partial charge in [0.15, 0.2) is 5.96 Å². The van der Waals surface area contributed by atoms with Gasteiger partial charge in [-0.05, 0) is 36.8 Å². The fraction of sp³-hybridized carbons (Fsp3) is 0.588. The number of nitrogens with one attached hydrogen (secondary N) is 1. The molecule has 3 rings (SSSR count). The lowest BCUT2D eigenvalue weighted by atomic mass is 10.0. The van der Waals surface area contributed by atoms with E-state index in [9.17, 15) is 0 Å². The molecule has 0 bridgehead atoms. The van der Waals surface area contributed by atoms with Gasteiger partial charge in [-0.1, -0.05) is 0 Å². The summed E-state index contributed by atoms with van der Waals surface area (Å²) < 4.78 is 3.84. The summed E-state index contributed by atoms with van der Waals surface area (Å²) in [5.41, 5.74) is 2.51. The fourth-order valence-electron chi connectivity index (χ4n) is 3.31. The van der Waals surface area contributed by atoms with Gasteiger partial charge < -0.3 is 10.2 Å². The third-order valence-electron chi connectivity index (χ3n) is 4.47. The number of aryl methyl sites for hydroxylation is 2. The minimum atomic E-state index is 0.668. The van der Waals surface area contributed by atoms with Gasteiger partial charge >= 0.3 is 0 Å². The maximum absolute atomic E-state index is 4.44. The number of rotatable bonds is 5. The summed E-state index contributed by atoms with van der Waals surface area (Å²) in [6.45, 7) is 5.85. The largest absolute Gasteiger partial charge is 0.354 e. The normalized spacial score (nSPS) is 18.4. The molecule has 0 aliphatic carbocycles. The zero-order valence-electron chi connectivity index (χ0n) is 14.8. The van der Waals surface area contributed by atoms with E-state index < -0.39 is 0 Å². The van der Waals surface area contributed by atoms with Crippen LogP contribution in [0.15, 0.2) is 29.8 Å². The molecule has 1 fully saturated rings. The molecule has 2 aromatic heterocycles. The minimum absolute atomic E-state index is 0.668. The molecule has 1 aliphatic heterocycles. The second kappa shape index (κ2) is 7.51. The summed E-state index contributed by atoms with van der Waals surface area (Å²) in [6, 6.07) is 0. The number of hydrogen-bond acceptors (Lipinski definition) is 3. The molecule has 7 nitrogen and oxygen atoms in total. The topological polar surface area (TPSA) is 63.3 Å². The standard InChI is InChI=1S/C17H27N7/c1-14-9-21-24(11-14)7-5-19-17(18-2)23-6-4-15(13-23)8-16-10-20-22(3)12-16/h9-12,15H,4-8,13H2,1-3H3,(H,18,19). The van der Waals surface area contributed by atoms with Gasteiger partial charge in [0.2, 0.25) is 0 Å². The van der Waals surface area contributed by atoms with E-state index in [1.807, 2.05) is 35.9 Å². The number of aliphatic imine (C=N–C) groups is 1. The minimum Gasteiger partial charge on any atom is -0.354 e. The monoisotopic (exact) mass is 329 g/mol. The molecule has 1 N–H and O–H groups in total. The average Bonchev–Trinajstić information content (AvgIpc) is 3.27. The van der Waals surface area contributed by atoms with Crippen molar-refractivity contribution in [1.82, 2.24) is 29.8 Å². The van der Waals surface area contributed by atoms with Gasteiger partial charge in [0.05, 0.1) is 18.9 Å². The molecule has 0 radical (unpaired) electrons. The van der Waals surface area contributed by atoms with E-state index in [-0.39, 0.29) is 0 Å². The molecule has 3 heterocycles. The molecule has 2 aromatic rings. The van der Waals surface area contributed by atoms with Crippen LogP contribution in [0, 0.1) is 12.8 Å². The highest BCUT2D eigenvalue weighted by Gasteiger charge is 2.25. The van der Waals surface area contributed by atoms with Crippen LogP contribution >= 0.6 is 0 Å². The van der Waals surface area contributed by atoms with Crippen molar-refractivity contribution in [1.29, 1.82) is 0 Å². The Hall–Kier alpha value is -2.31. The Morgan fingerprint density at radius 1 is 1.33 bits per heavy atom. The summed E-state index contributed by atoms with van der Waals surface area (Å²) in [6.07, 6.45) is 10.3. The summed E-state index contributed by atoms with van der Waals surface area (Å²) in [5.74, 6) is 1.66. The molecule has 7 heteroatoms. The van der Waals surface area contributed by atoms with Crippen LogP contribution in [0.25, 0.3) is 0 Å². The van der Waals surface area contributed by atoms with E-state index in [0.29, 0.717) is 5.92 Å². The molecule has 1 aliphatic rings. The zero-order chi connectivity index (χ0) is 16.9. The molecule has 0 amide bonds. The van der Waals surface area contributed by atoms with E-state index in [0.717, 1.165) is 38.6 Å². The molecule has 0 saturated carbocycles. The number of likely N-dealkylation sites (tertiary alicyclic amines) is 1. The molecule has 24 heavy (non-hydrogen) atoms. The van der Waals surface area contributed by atoms with Crippen molar-refractivity contribution in [2.75, 3.05) is 26.7 Å². The molecule has 1 saturated heterocycles.